The summed E-state index contributed by atoms with van der Waals surface area (Å²) in [5.41, 5.74) is 2.60. The van der Waals surface area contributed by atoms with E-state index in [0.717, 1.165) is 25.9 Å². The van der Waals surface area contributed by atoms with Gasteiger partial charge < -0.3 is 10.6 Å². The standard InChI is InChI=1S/C20H24N2O.ClH/c23-20(18-11-13-21-15-18)22-14-12-19(16-7-3-1-4-8-16)17-9-5-2-6-10-17;/h1-10,18-19,21H,11-15H2,(H,22,23);1H. The Morgan fingerprint density at radius 2 is 1.62 bits per heavy atom. The summed E-state index contributed by atoms with van der Waals surface area (Å²) >= 11 is 0. The number of amides is 1. The van der Waals surface area contributed by atoms with Gasteiger partial charge in [-0.3, -0.25) is 4.79 Å². The van der Waals surface area contributed by atoms with E-state index >= 15 is 0 Å². The third-order valence-electron chi connectivity index (χ3n) is 4.57. The first-order valence-electron chi connectivity index (χ1n) is 8.43. The minimum absolute atomic E-state index is 0. The Labute approximate surface area is 150 Å². The first-order valence-corrected chi connectivity index (χ1v) is 8.43. The average molecular weight is 345 g/mol. The van der Waals surface area contributed by atoms with E-state index in [2.05, 4.69) is 59.2 Å². The summed E-state index contributed by atoms with van der Waals surface area (Å²) < 4.78 is 0. The fourth-order valence-corrected chi connectivity index (χ4v) is 3.26. The number of carbonyl (C=O) groups excluding carboxylic acids is 1. The second-order valence-corrected chi connectivity index (χ2v) is 6.14. The lowest BCUT2D eigenvalue weighted by Gasteiger charge is -2.19. The fourth-order valence-electron chi connectivity index (χ4n) is 3.26. The zero-order valence-corrected chi connectivity index (χ0v) is 14.6. The highest BCUT2D eigenvalue weighted by molar-refractivity contribution is 5.85. The van der Waals surface area contributed by atoms with Crippen LogP contribution in [-0.4, -0.2) is 25.5 Å². The van der Waals surface area contributed by atoms with Crippen LogP contribution >= 0.6 is 12.4 Å². The molecule has 0 spiro atoms. The van der Waals surface area contributed by atoms with Crippen LogP contribution in [-0.2, 0) is 4.79 Å². The van der Waals surface area contributed by atoms with Crippen molar-refractivity contribution < 1.29 is 4.79 Å². The molecule has 2 aromatic carbocycles. The number of benzene rings is 2. The molecule has 1 amide bonds. The smallest absolute Gasteiger partial charge is 0.224 e. The molecule has 4 heteroatoms. The van der Waals surface area contributed by atoms with Crippen molar-refractivity contribution in [3.63, 3.8) is 0 Å². The summed E-state index contributed by atoms with van der Waals surface area (Å²) in [5, 5.41) is 6.36. The highest BCUT2D eigenvalue weighted by atomic mass is 35.5. The zero-order chi connectivity index (χ0) is 15.9. The van der Waals surface area contributed by atoms with Crippen molar-refractivity contribution in [3.05, 3.63) is 71.8 Å². The Hall–Kier alpha value is -1.84. The number of halogens is 1. The molecule has 1 aliphatic rings. The molecule has 2 aromatic rings. The molecule has 1 aliphatic heterocycles. The van der Waals surface area contributed by atoms with Crippen molar-refractivity contribution in [2.75, 3.05) is 19.6 Å². The van der Waals surface area contributed by atoms with Crippen LogP contribution in [0.5, 0.6) is 0 Å². The van der Waals surface area contributed by atoms with Gasteiger partial charge in [-0.05, 0) is 30.5 Å². The third-order valence-corrected chi connectivity index (χ3v) is 4.57. The van der Waals surface area contributed by atoms with Gasteiger partial charge in [-0.1, -0.05) is 60.7 Å². The lowest BCUT2D eigenvalue weighted by Crippen LogP contribution is -2.33. The number of rotatable bonds is 6. The van der Waals surface area contributed by atoms with Crippen molar-refractivity contribution in [2.24, 2.45) is 5.92 Å². The van der Waals surface area contributed by atoms with Crippen molar-refractivity contribution in [2.45, 2.75) is 18.8 Å². The molecule has 0 radical (unpaired) electrons. The molecular weight excluding hydrogens is 320 g/mol. The van der Waals surface area contributed by atoms with Crippen LogP contribution in [0.1, 0.15) is 29.9 Å². The molecule has 2 N–H and O–H groups in total. The van der Waals surface area contributed by atoms with Crippen LogP contribution in [0.25, 0.3) is 0 Å². The predicted octanol–water partition coefficient (Wildman–Crippen LogP) is 3.36. The second kappa shape index (κ2) is 9.45. The van der Waals surface area contributed by atoms with E-state index < -0.39 is 0 Å². The molecule has 1 unspecified atom stereocenters. The van der Waals surface area contributed by atoms with Crippen molar-refractivity contribution in [1.82, 2.24) is 10.6 Å². The van der Waals surface area contributed by atoms with E-state index in [9.17, 15) is 4.79 Å². The minimum Gasteiger partial charge on any atom is -0.356 e. The van der Waals surface area contributed by atoms with E-state index in [1.807, 2.05) is 12.1 Å². The number of hydrogen-bond acceptors (Lipinski definition) is 2. The van der Waals surface area contributed by atoms with Gasteiger partial charge in [0, 0.05) is 19.0 Å². The van der Waals surface area contributed by atoms with Gasteiger partial charge in [0.1, 0.15) is 0 Å². The maximum absolute atomic E-state index is 12.1. The topological polar surface area (TPSA) is 41.1 Å². The summed E-state index contributed by atoms with van der Waals surface area (Å²) in [7, 11) is 0. The van der Waals surface area contributed by atoms with Crippen LogP contribution in [0.3, 0.4) is 0 Å². The third kappa shape index (κ3) is 4.83. The maximum atomic E-state index is 12.1. The Bertz CT molecular complexity index is 573. The number of hydrogen-bond donors (Lipinski definition) is 2. The molecule has 1 saturated heterocycles. The molecule has 1 fully saturated rings. The molecule has 3 nitrogen and oxygen atoms in total. The molecular formula is C20H25ClN2O. The summed E-state index contributed by atoms with van der Waals surface area (Å²) in [5.74, 6) is 0.649. The SMILES string of the molecule is Cl.O=C(NCCC(c1ccccc1)c1ccccc1)C1CCNC1. The molecule has 1 heterocycles. The normalized spacial score (nSPS) is 16.6. The van der Waals surface area contributed by atoms with E-state index in [4.69, 9.17) is 0 Å². The van der Waals surface area contributed by atoms with Gasteiger partial charge in [-0.25, -0.2) is 0 Å². The first-order chi connectivity index (χ1) is 11.3. The summed E-state index contributed by atoms with van der Waals surface area (Å²) in [6.45, 7) is 2.48. The summed E-state index contributed by atoms with van der Waals surface area (Å²) in [6, 6.07) is 21.1. The monoisotopic (exact) mass is 344 g/mol. The molecule has 3 rings (SSSR count). The summed E-state index contributed by atoms with van der Waals surface area (Å²) in [6.07, 6.45) is 1.87. The fraction of sp³-hybridized carbons (Fsp3) is 0.350. The Kier molecular flexibility index (Phi) is 7.29. The van der Waals surface area contributed by atoms with Gasteiger partial charge in [0.2, 0.25) is 5.91 Å². The highest BCUT2D eigenvalue weighted by Gasteiger charge is 2.22. The highest BCUT2D eigenvalue weighted by Crippen LogP contribution is 2.27. The van der Waals surface area contributed by atoms with E-state index in [0.29, 0.717) is 12.5 Å². The van der Waals surface area contributed by atoms with Crippen LogP contribution < -0.4 is 10.6 Å². The molecule has 24 heavy (non-hydrogen) atoms. The van der Waals surface area contributed by atoms with Crippen molar-refractivity contribution in [1.29, 1.82) is 0 Å². The summed E-state index contributed by atoms with van der Waals surface area (Å²) in [4.78, 5) is 12.1. The van der Waals surface area contributed by atoms with Crippen LogP contribution in [0, 0.1) is 5.92 Å². The van der Waals surface area contributed by atoms with Crippen LogP contribution in [0.15, 0.2) is 60.7 Å². The van der Waals surface area contributed by atoms with Gasteiger partial charge >= 0.3 is 0 Å². The lowest BCUT2D eigenvalue weighted by atomic mass is 9.88. The van der Waals surface area contributed by atoms with Gasteiger partial charge in [0.25, 0.3) is 0 Å². The Morgan fingerprint density at radius 3 is 2.12 bits per heavy atom. The molecule has 0 bridgehead atoms. The zero-order valence-electron chi connectivity index (χ0n) is 13.8. The first kappa shape index (κ1) is 18.5. The quantitative estimate of drug-likeness (QED) is 0.843. The van der Waals surface area contributed by atoms with E-state index in [1.165, 1.54) is 11.1 Å². The lowest BCUT2D eigenvalue weighted by molar-refractivity contribution is -0.124. The number of nitrogens with one attached hydrogen (secondary N) is 2. The predicted molar refractivity (Wildman–Crippen MR) is 101 cm³/mol. The van der Waals surface area contributed by atoms with Crippen LogP contribution in [0.2, 0.25) is 0 Å². The molecule has 0 aromatic heterocycles. The van der Waals surface area contributed by atoms with Gasteiger partial charge in [0.15, 0.2) is 0 Å². The molecule has 0 saturated carbocycles. The van der Waals surface area contributed by atoms with E-state index in [-0.39, 0.29) is 24.2 Å². The Balaban J connectivity index is 0.00000208. The van der Waals surface area contributed by atoms with Gasteiger partial charge in [-0.15, -0.1) is 12.4 Å². The van der Waals surface area contributed by atoms with Crippen molar-refractivity contribution in [3.8, 4) is 0 Å². The number of carbonyl (C=O) groups is 1. The molecule has 1 atom stereocenters. The average Bonchev–Trinajstić information content (AvgIpc) is 3.15. The Morgan fingerprint density at radius 1 is 1.04 bits per heavy atom. The maximum Gasteiger partial charge on any atom is 0.224 e. The largest absolute Gasteiger partial charge is 0.356 e. The van der Waals surface area contributed by atoms with Crippen LogP contribution in [0.4, 0.5) is 0 Å². The van der Waals surface area contributed by atoms with Gasteiger partial charge in [-0.2, -0.15) is 0 Å². The van der Waals surface area contributed by atoms with Gasteiger partial charge in [0.05, 0.1) is 5.92 Å². The minimum atomic E-state index is 0. The van der Waals surface area contributed by atoms with Crippen molar-refractivity contribution >= 4 is 18.3 Å². The molecule has 0 aliphatic carbocycles. The molecule has 128 valence electrons. The second-order valence-electron chi connectivity index (χ2n) is 6.14. The van der Waals surface area contributed by atoms with E-state index in [1.54, 1.807) is 0 Å².